The van der Waals surface area contributed by atoms with Gasteiger partial charge in [-0.3, -0.25) is 14.3 Å². The standard InChI is InChI=1S/C13H15FN6O2.C2H6.2H2/c1-4-7-5-9(17-18-10(7)13(22)15-2)16-12(21)8-6-20(3)19-11(8)14;1-2;;/h5-6H,4H2,1-3H3,(H,15,22)(H,16,17,21);1-2H3;2*1H. The summed E-state index contributed by atoms with van der Waals surface area (Å²) in [5.74, 6) is -1.78. The first kappa shape index (κ1) is 19.2. The van der Waals surface area contributed by atoms with Crippen molar-refractivity contribution in [3.63, 3.8) is 0 Å². The maximum atomic E-state index is 13.4. The number of aromatic nitrogens is 4. The van der Waals surface area contributed by atoms with Gasteiger partial charge in [0, 0.05) is 23.1 Å². The average Bonchev–Trinajstić information content (AvgIpc) is 2.94. The number of carbonyl (C=O) groups excluding carboxylic acids is 2. The number of rotatable bonds is 4. The highest BCUT2D eigenvalue weighted by Gasteiger charge is 2.18. The molecule has 0 aliphatic carbocycles. The van der Waals surface area contributed by atoms with Gasteiger partial charge in [-0.1, -0.05) is 20.8 Å². The molecule has 8 nitrogen and oxygen atoms in total. The maximum absolute atomic E-state index is 13.4. The lowest BCUT2D eigenvalue weighted by molar-refractivity contribution is 0.0955. The molecule has 0 bridgehead atoms. The smallest absolute Gasteiger partial charge is 0.271 e. The van der Waals surface area contributed by atoms with E-state index in [1.54, 1.807) is 0 Å². The van der Waals surface area contributed by atoms with Gasteiger partial charge in [0.05, 0.1) is 0 Å². The van der Waals surface area contributed by atoms with Crippen LogP contribution in [0.2, 0.25) is 0 Å². The van der Waals surface area contributed by atoms with E-state index in [0.717, 1.165) is 0 Å². The zero-order chi connectivity index (χ0) is 18.3. The normalized spacial score (nSPS) is 9.75. The Balaban J connectivity index is 0. The van der Waals surface area contributed by atoms with Crippen LogP contribution >= 0.6 is 0 Å². The highest BCUT2D eigenvalue weighted by molar-refractivity contribution is 6.03. The summed E-state index contributed by atoms with van der Waals surface area (Å²) >= 11 is 0. The van der Waals surface area contributed by atoms with Gasteiger partial charge in [-0.15, -0.1) is 15.3 Å². The second-order valence-corrected chi connectivity index (χ2v) is 4.50. The molecular formula is C15H25FN6O2. The Kier molecular flexibility index (Phi) is 6.97. The van der Waals surface area contributed by atoms with Gasteiger partial charge in [-0.25, -0.2) is 0 Å². The Morgan fingerprint density at radius 2 is 1.96 bits per heavy atom. The average molecular weight is 340 g/mol. The van der Waals surface area contributed by atoms with E-state index < -0.39 is 11.9 Å². The monoisotopic (exact) mass is 340 g/mol. The number of aryl methyl sites for hydroxylation is 2. The number of amides is 2. The number of anilines is 1. The first-order chi connectivity index (χ1) is 11.5. The number of hydrogen-bond acceptors (Lipinski definition) is 5. The topological polar surface area (TPSA) is 102 Å². The molecule has 2 N–H and O–H groups in total. The van der Waals surface area contributed by atoms with Gasteiger partial charge in [0.25, 0.3) is 11.8 Å². The van der Waals surface area contributed by atoms with Crippen LogP contribution in [0.4, 0.5) is 10.2 Å². The summed E-state index contributed by atoms with van der Waals surface area (Å²) in [5.41, 5.74) is 0.615. The van der Waals surface area contributed by atoms with Crippen molar-refractivity contribution in [1.29, 1.82) is 0 Å². The van der Waals surface area contributed by atoms with Crippen LogP contribution in [0.3, 0.4) is 0 Å². The van der Waals surface area contributed by atoms with Crippen LogP contribution in [0, 0.1) is 5.95 Å². The number of hydrogen-bond donors (Lipinski definition) is 2. The van der Waals surface area contributed by atoms with E-state index >= 15 is 0 Å². The molecule has 0 atom stereocenters. The van der Waals surface area contributed by atoms with Crippen LogP contribution in [-0.4, -0.2) is 38.8 Å². The summed E-state index contributed by atoms with van der Waals surface area (Å²) in [7, 11) is 3.00. The number of nitrogens with one attached hydrogen (secondary N) is 2. The molecule has 2 rings (SSSR count). The fourth-order valence-electron chi connectivity index (χ4n) is 1.87. The molecule has 0 aliphatic rings. The SMILES string of the molecule is CC.CCc1cc(NC(=O)c2cn(C)nc2F)nnc1C(=O)NC.[HH].[HH]. The highest BCUT2D eigenvalue weighted by atomic mass is 19.1. The van der Waals surface area contributed by atoms with Gasteiger partial charge in [0.2, 0.25) is 5.95 Å². The molecule has 0 fully saturated rings. The number of nitrogens with zero attached hydrogens (tertiary/aromatic N) is 4. The number of halogens is 1. The summed E-state index contributed by atoms with van der Waals surface area (Å²) in [6.07, 6.45) is 1.79. The lowest BCUT2D eigenvalue weighted by Gasteiger charge is -2.07. The Labute approximate surface area is 142 Å². The van der Waals surface area contributed by atoms with E-state index in [1.807, 2.05) is 20.8 Å². The van der Waals surface area contributed by atoms with E-state index in [2.05, 4.69) is 25.9 Å². The molecular weight excluding hydrogens is 315 g/mol. The second kappa shape index (κ2) is 8.70. The molecule has 2 heterocycles. The highest BCUT2D eigenvalue weighted by Crippen LogP contribution is 2.13. The van der Waals surface area contributed by atoms with Crippen LogP contribution in [-0.2, 0) is 13.5 Å². The third-order valence-corrected chi connectivity index (χ3v) is 2.97. The minimum Gasteiger partial charge on any atom is -0.354 e. The van der Waals surface area contributed by atoms with Gasteiger partial charge in [-0.05, 0) is 18.1 Å². The first-order valence-corrected chi connectivity index (χ1v) is 7.55. The second-order valence-electron chi connectivity index (χ2n) is 4.50. The molecule has 9 heteroatoms. The fraction of sp³-hybridized carbons (Fsp3) is 0.400. The first-order valence-electron chi connectivity index (χ1n) is 7.55. The molecule has 0 aromatic carbocycles. The lowest BCUT2D eigenvalue weighted by atomic mass is 10.1. The lowest BCUT2D eigenvalue weighted by Crippen LogP contribution is -2.22. The van der Waals surface area contributed by atoms with Crippen molar-refractivity contribution < 1.29 is 16.8 Å². The third-order valence-electron chi connectivity index (χ3n) is 2.97. The van der Waals surface area contributed by atoms with Gasteiger partial charge >= 0.3 is 0 Å². The molecule has 0 spiro atoms. The van der Waals surface area contributed by atoms with Crippen molar-refractivity contribution >= 4 is 17.6 Å². The summed E-state index contributed by atoms with van der Waals surface area (Å²) in [5, 5.41) is 15.9. The van der Waals surface area contributed by atoms with Gasteiger partial charge in [0.15, 0.2) is 11.5 Å². The van der Waals surface area contributed by atoms with Crippen LogP contribution < -0.4 is 10.6 Å². The number of carbonyl (C=O) groups is 2. The zero-order valence-corrected chi connectivity index (χ0v) is 14.3. The van der Waals surface area contributed by atoms with Crippen molar-refractivity contribution in [3.05, 3.63) is 35.0 Å². The Morgan fingerprint density at radius 1 is 1.29 bits per heavy atom. The van der Waals surface area contributed by atoms with Crippen LogP contribution in [0.15, 0.2) is 12.3 Å². The Bertz CT molecular complexity index is 739. The zero-order valence-electron chi connectivity index (χ0n) is 14.3. The van der Waals surface area contributed by atoms with Crippen molar-refractivity contribution in [2.24, 2.45) is 7.05 Å². The van der Waals surface area contributed by atoms with E-state index in [0.29, 0.717) is 12.0 Å². The summed E-state index contributed by atoms with van der Waals surface area (Å²) in [6, 6.07) is 1.53. The largest absolute Gasteiger partial charge is 0.354 e. The van der Waals surface area contributed by atoms with E-state index in [4.69, 9.17) is 0 Å². The summed E-state index contributed by atoms with van der Waals surface area (Å²) in [6.45, 7) is 5.84. The van der Waals surface area contributed by atoms with Crippen molar-refractivity contribution in [2.75, 3.05) is 12.4 Å². The molecule has 2 amide bonds. The molecule has 0 unspecified atom stereocenters. The van der Waals surface area contributed by atoms with Crippen molar-refractivity contribution in [1.82, 2.24) is 25.3 Å². The molecule has 0 radical (unpaired) electrons. The molecule has 0 saturated heterocycles. The van der Waals surface area contributed by atoms with Gasteiger partial charge in [-0.2, -0.15) is 4.39 Å². The fourth-order valence-corrected chi connectivity index (χ4v) is 1.87. The van der Waals surface area contributed by atoms with Crippen LogP contribution in [0.25, 0.3) is 0 Å². The summed E-state index contributed by atoms with van der Waals surface area (Å²) < 4.78 is 14.6. The molecule has 134 valence electrons. The molecule has 2 aromatic heterocycles. The van der Waals surface area contributed by atoms with E-state index in [-0.39, 0.29) is 25.8 Å². The van der Waals surface area contributed by atoms with Crippen LogP contribution in [0.1, 0.15) is 50.0 Å². The molecule has 2 aromatic rings. The maximum Gasteiger partial charge on any atom is 0.271 e. The van der Waals surface area contributed by atoms with Crippen molar-refractivity contribution in [2.45, 2.75) is 27.2 Å². The van der Waals surface area contributed by atoms with Crippen molar-refractivity contribution in [3.8, 4) is 0 Å². The van der Waals surface area contributed by atoms with Gasteiger partial charge < -0.3 is 10.6 Å². The predicted octanol–water partition coefficient (Wildman–Crippen LogP) is 2.04. The predicted molar refractivity (Wildman–Crippen MR) is 91.5 cm³/mol. The Hall–Kier alpha value is -2.84. The third kappa shape index (κ3) is 4.34. The van der Waals surface area contributed by atoms with Crippen LogP contribution in [0.5, 0.6) is 0 Å². The minimum absolute atomic E-state index is 0. The van der Waals surface area contributed by atoms with E-state index in [1.165, 1.54) is 31.0 Å². The minimum atomic E-state index is -0.870. The molecule has 0 saturated carbocycles. The summed E-state index contributed by atoms with van der Waals surface area (Å²) in [4.78, 5) is 23.6. The molecule has 0 aliphatic heterocycles. The quantitative estimate of drug-likeness (QED) is 0.887. The van der Waals surface area contributed by atoms with Gasteiger partial charge in [0.1, 0.15) is 5.56 Å². The molecule has 24 heavy (non-hydrogen) atoms. The Morgan fingerprint density at radius 3 is 2.46 bits per heavy atom. The van der Waals surface area contributed by atoms with E-state index in [9.17, 15) is 14.0 Å².